The van der Waals surface area contributed by atoms with Gasteiger partial charge in [0.25, 0.3) is 0 Å². The molecular formula is C7H9Cl3O2. The molecule has 0 amide bonds. The Bertz CT molecular complexity index is 241. The summed E-state index contributed by atoms with van der Waals surface area (Å²) in [4.78, 5) is 9.24. The maximum Gasteiger partial charge on any atom is 0.328 e. The lowest BCUT2D eigenvalue weighted by Crippen LogP contribution is -2.24. The van der Waals surface area contributed by atoms with Crippen molar-refractivity contribution in [2.45, 2.75) is 29.5 Å². The fourth-order valence-electron chi connectivity index (χ4n) is 1.48. The Morgan fingerprint density at radius 1 is 1.42 bits per heavy atom. The van der Waals surface area contributed by atoms with E-state index in [9.17, 15) is 4.79 Å². The SMILES string of the molecule is CCC1(C)C(Cl)(Cl)C1(Cl)C(=O)O. The van der Waals surface area contributed by atoms with E-state index in [0.717, 1.165) is 0 Å². The summed E-state index contributed by atoms with van der Waals surface area (Å²) in [5.74, 6) is -1.15. The van der Waals surface area contributed by atoms with Crippen molar-refractivity contribution >= 4 is 40.8 Å². The highest BCUT2D eigenvalue weighted by Crippen LogP contribution is 2.76. The Labute approximate surface area is 85.8 Å². The topological polar surface area (TPSA) is 37.3 Å². The molecule has 2 atom stereocenters. The smallest absolute Gasteiger partial charge is 0.328 e. The van der Waals surface area contributed by atoms with Crippen LogP contribution in [-0.2, 0) is 4.79 Å². The summed E-state index contributed by atoms with van der Waals surface area (Å²) in [6.45, 7) is 3.49. The summed E-state index contributed by atoms with van der Waals surface area (Å²) in [6.07, 6.45) is 0.538. The minimum atomic E-state index is -1.53. The van der Waals surface area contributed by atoms with E-state index in [1.807, 2.05) is 6.92 Å². The molecular weight excluding hydrogens is 222 g/mol. The Balaban J connectivity index is 3.07. The lowest BCUT2D eigenvalue weighted by atomic mass is 10.0. The molecule has 5 heteroatoms. The lowest BCUT2D eigenvalue weighted by molar-refractivity contribution is -0.138. The molecule has 1 aliphatic carbocycles. The minimum absolute atomic E-state index is 0.538. The number of halogens is 3. The van der Waals surface area contributed by atoms with Crippen LogP contribution in [0.1, 0.15) is 20.3 Å². The van der Waals surface area contributed by atoms with Gasteiger partial charge in [-0.3, -0.25) is 4.79 Å². The first-order chi connectivity index (χ1) is 5.25. The van der Waals surface area contributed by atoms with E-state index in [1.165, 1.54) is 0 Å². The van der Waals surface area contributed by atoms with Crippen LogP contribution in [0.4, 0.5) is 0 Å². The summed E-state index contributed by atoms with van der Waals surface area (Å²) in [7, 11) is 0. The number of carboxylic acid groups (broad SMARTS) is 1. The molecule has 2 nitrogen and oxygen atoms in total. The van der Waals surface area contributed by atoms with Crippen LogP contribution < -0.4 is 0 Å². The standard InChI is InChI=1S/C7H9Cl3O2/c1-3-5(2)6(8,4(11)12)7(5,9)10/h3H2,1-2H3,(H,11,12). The molecule has 1 saturated carbocycles. The predicted molar refractivity (Wildman–Crippen MR) is 49.1 cm³/mol. The first-order valence-corrected chi connectivity index (χ1v) is 4.69. The third-order valence-electron chi connectivity index (χ3n) is 2.83. The van der Waals surface area contributed by atoms with Gasteiger partial charge in [0.15, 0.2) is 9.21 Å². The summed E-state index contributed by atoms with van der Waals surface area (Å²) in [6, 6.07) is 0. The first-order valence-electron chi connectivity index (χ1n) is 3.56. The number of carbonyl (C=O) groups is 1. The largest absolute Gasteiger partial charge is 0.480 e. The highest BCUT2D eigenvalue weighted by molar-refractivity contribution is 6.63. The molecule has 0 aromatic heterocycles. The van der Waals surface area contributed by atoms with Crippen LogP contribution in [0.3, 0.4) is 0 Å². The van der Waals surface area contributed by atoms with Crippen LogP contribution >= 0.6 is 34.8 Å². The zero-order valence-corrected chi connectivity index (χ0v) is 8.96. The number of hydrogen-bond donors (Lipinski definition) is 1. The van der Waals surface area contributed by atoms with Crippen molar-refractivity contribution in [1.82, 2.24) is 0 Å². The second-order valence-corrected chi connectivity index (χ2v) is 5.12. The van der Waals surface area contributed by atoms with Crippen molar-refractivity contribution in [3.05, 3.63) is 0 Å². The quantitative estimate of drug-likeness (QED) is 0.742. The molecule has 0 radical (unpaired) electrons. The third-order valence-corrected chi connectivity index (χ3v) is 5.28. The van der Waals surface area contributed by atoms with Gasteiger partial charge in [-0.05, 0) is 6.42 Å². The van der Waals surface area contributed by atoms with Gasteiger partial charge in [0.1, 0.15) is 0 Å². The summed E-state index contributed by atoms with van der Waals surface area (Å²) < 4.78 is -1.36. The molecule has 12 heavy (non-hydrogen) atoms. The molecule has 0 aromatic carbocycles. The number of hydrogen-bond acceptors (Lipinski definition) is 1. The van der Waals surface area contributed by atoms with Crippen LogP contribution in [-0.4, -0.2) is 20.3 Å². The number of alkyl halides is 3. The van der Waals surface area contributed by atoms with E-state index in [0.29, 0.717) is 6.42 Å². The van der Waals surface area contributed by atoms with Crippen LogP contribution in [0.2, 0.25) is 0 Å². The zero-order valence-electron chi connectivity index (χ0n) is 6.70. The van der Waals surface area contributed by atoms with Crippen molar-refractivity contribution in [1.29, 1.82) is 0 Å². The molecule has 1 aliphatic rings. The summed E-state index contributed by atoms with van der Waals surface area (Å²) >= 11 is 17.4. The van der Waals surface area contributed by atoms with E-state index in [2.05, 4.69) is 0 Å². The third kappa shape index (κ3) is 0.765. The molecule has 1 rings (SSSR count). The van der Waals surface area contributed by atoms with Crippen molar-refractivity contribution < 1.29 is 9.90 Å². The summed E-state index contributed by atoms with van der Waals surface area (Å²) in [5.41, 5.74) is -0.740. The van der Waals surface area contributed by atoms with Gasteiger partial charge in [-0.1, -0.05) is 37.0 Å². The molecule has 0 aliphatic heterocycles. The molecule has 1 N–H and O–H groups in total. The number of rotatable bonds is 2. The highest BCUT2D eigenvalue weighted by Gasteiger charge is 2.87. The van der Waals surface area contributed by atoms with Crippen molar-refractivity contribution in [2.75, 3.05) is 0 Å². The second kappa shape index (κ2) is 2.43. The van der Waals surface area contributed by atoms with Crippen LogP contribution in [0.15, 0.2) is 0 Å². The fraction of sp³-hybridized carbons (Fsp3) is 0.857. The Morgan fingerprint density at radius 2 is 1.83 bits per heavy atom. The predicted octanol–water partition coefficient (Wildman–Crippen LogP) is 2.65. The van der Waals surface area contributed by atoms with E-state index in [1.54, 1.807) is 6.92 Å². The van der Waals surface area contributed by atoms with Gasteiger partial charge in [0.2, 0.25) is 0 Å². The van der Waals surface area contributed by atoms with Gasteiger partial charge in [0.05, 0.1) is 0 Å². The normalized spacial score (nSPS) is 44.1. The van der Waals surface area contributed by atoms with E-state index in [-0.39, 0.29) is 0 Å². The number of carboxylic acids is 1. The van der Waals surface area contributed by atoms with Gasteiger partial charge >= 0.3 is 5.97 Å². The summed E-state index contributed by atoms with van der Waals surface area (Å²) in [5, 5.41) is 8.81. The monoisotopic (exact) mass is 230 g/mol. The van der Waals surface area contributed by atoms with Crippen LogP contribution in [0.25, 0.3) is 0 Å². The maximum absolute atomic E-state index is 10.8. The van der Waals surface area contributed by atoms with Gasteiger partial charge in [-0.25, -0.2) is 0 Å². The van der Waals surface area contributed by atoms with Crippen molar-refractivity contribution in [3.63, 3.8) is 0 Å². The molecule has 0 bridgehead atoms. The minimum Gasteiger partial charge on any atom is -0.480 e. The molecule has 0 saturated heterocycles. The maximum atomic E-state index is 10.8. The Kier molecular flexibility index (Phi) is 2.11. The lowest BCUT2D eigenvalue weighted by Gasteiger charge is -2.07. The molecule has 0 spiro atoms. The zero-order chi connectivity index (χ0) is 9.78. The molecule has 2 unspecified atom stereocenters. The van der Waals surface area contributed by atoms with Gasteiger partial charge in [-0.15, -0.1) is 11.6 Å². The average molecular weight is 232 g/mol. The molecule has 0 aromatic rings. The van der Waals surface area contributed by atoms with E-state index in [4.69, 9.17) is 39.9 Å². The molecule has 0 heterocycles. The van der Waals surface area contributed by atoms with Crippen LogP contribution in [0.5, 0.6) is 0 Å². The van der Waals surface area contributed by atoms with Gasteiger partial charge in [-0.2, -0.15) is 0 Å². The van der Waals surface area contributed by atoms with Gasteiger partial charge < -0.3 is 5.11 Å². The molecule has 70 valence electrons. The van der Waals surface area contributed by atoms with E-state index < -0.39 is 20.6 Å². The second-order valence-electron chi connectivity index (χ2n) is 3.22. The number of aliphatic carboxylic acids is 1. The van der Waals surface area contributed by atoms with Crippen LogP contribution in [0, 0.1) is 5.41 Å². The van der Waals surface area contributed by atoms with Crippen molar-refractivity contribution in [2.24, 2.45) is 5.41 Å². The molecule has 1 fully saturated rings. The first kappa shape index (κ1) is 10.4. The Hall–Kier alpha value is 0.340. The van der Waals surface area contributed by atoms with Crippen molar-refractivity contribution in [3.8, 4) is 0 Å². The Morgan fingerprint density at radius 3 is 1.92 bits per heavy atom. The highest BCUT2D eigenvalue weighted by atomic mass is 35.5. The van der Waals surface area contributed by atoms with E-state index >= 15 is 0 Å². The fourth-order valence-corrected chi connectivity index (χ4v) is 3.04. The van der Waals surface area contributed by atoms with Gasteiger partial charge in [0, 0.05) is 5.41 Å². The average Bonchev–Trinajstić information content (AvgIpc) is 2.32.